The topological polar surface area (TPSA) is 93.7 Å². The maximum absolute atomic E-state index is 12.3. The first-order valence-electron chi connectivity index (χ1n) is 8.88. The quantitative estimate of drug-likeness (QED) is 0.725. The number of benzene rings is 1. The zero-order chi connectivity index (χ0) is 19.1. The van der Waals surface area contributed by atoms with Crippen molar-refractivity contribution in [2.45, 2.75) is 45.8 Å². The predicted octanol–water partition coefficient (Wildman–Crippen LogP) is 2.12. The molecule has 0 aliphatic carbocycles. The molecule has 142 valence electrons. The molecule has 1 aliphatic heterocycles. The summed E-state index contributed by atoms with van der Waals surface area (Å²) in [4.78, 5) is 36.1. The van der Waals surface area contributed by atoms with Gasteiger partial charge in [-0.05, 0) is 44.9 Å². The maximum Gasteiger partial charge on any atom is 0.310 e. The van der Waals surface area contributed by atoms with Crippen LogP contribution in [0, 0.1) is 5.92 Å². The smallest absolute Gasteiger partial charge is 0.310 e. The van der Waals surface area contributed by atoms with Gasteiger partial charge >= 0.3 is 5.97 Å². The first kappa shape index (κ1) is 19.9. The maximum atomic E-state index is 12.3. The minimum Gasteiger partial charge on any atom is -0.463 e. The van der Waals surface area contributed by atoms with Crippen LogP contribution in [0.2, 0.25) is 0 Å². The van der Waals surface area contributed by atoms with Crippen molar-refractivity contribution < 1.29 is 23.9 Å². The Hall–Kier alpha value is -2.41. The van der Waals surface area contributed by atoms with E-state index >= 15 is 0 Å². The van der Waals surface area contributed by atoms with Gasteiger partial charge in [0.25, 0.3) is 11.8 Å². The minimum atomic E-state index is -0.441. The average molecular weight is 362 g/mol. The highest BCUT2D eigenvalue weighted by Crippen LogP contribution is 2.16. The van der Waals surface area contributed by atoms with Crippen LogP contribution in [0.4, 0.5) is 5.69 Å². The highest BCUT2D eigenvalue weighted by atomic mass is 16.5. The Kier molecular flexibility index (Phi) is 7.15. The lowest BCUT2D eigenvalue weighted by atomic mass is 10.1. The van der Waals surface area contributed by atoms with Crippen LogP contribution in [0.5, 0.6) is 0 Å². The van der Waals surface area contributed by atoms with Crippen molar-refractivity contribution >= 4 is 23.5 Å². The number of hydrogen-bond acceptors (Lipinski definition) is 5. The van der Waals surface area contributed by atoms with Gasteiger partial charge in [-0.25, -0.2) is 0 Å². The molecule has 2 rings (SSSR count). The predicted molar refractivity (Wildman–Crippen MR) is 96.8 cm³/mol. The van der Waals surface area contributed by atoms with Crippen LogP contribution in [-0.4, -0.2) is 43.1 Å². The summed E-state index contributed by atoms with van der Waals surface area (Å²) in [6.45, 7) is 6.03. The number of ether oxygens (including phenoxy) is 2. The van der Waals surface area contributed by atoms with Crippen molar-refractivity contribution in [3.8, 4) is 0 Å². The van der Waals surface area contributed by atoms with Crippen LogP contribution in [0.25, 0.3) is 0 Å². The number of hydrogen-bond donors (Lipinski definition) is 2. The fourth-order valence-corrected chi connectivity index (χ4v) is 2.53. The van der Waals surface area contributed by atoms with Gasteiger partial charge in [0, 0.05) is 24.4 Å². The standard InChI is InChI=1S/C19H26N2O5/c1-12(2)26-19(24)13(3)11-20-17(22)14-6-4-7-15(10-14)21-18(23)16-8-5-9-25-16/h4,6-7,10,12-13,16H,5,8-9,11H2,1-3H3,(H,20,22)(H,21,23)/t13-,16-/m0/s1. The van der Waals surface area contributed by atoms with E-state index in [-0.39, 0.29) is 30.4 Å². The van der Waals surface area contributed by atoms with Gasteiger partial charge in [-0.3, -0.25) is 14.4 Å². The molecule has 0 spiro atoms. The molecule has 0 aromatic heterocycles. The van der Waals surface area contributed by atoms with E-state index in [4.69, 9.17) is 9.47 Å². The first-order chi connectivity index (χ1) is 12.4. The van der Waals surface area contributed by atoms with Crippen LogP contribution in [0.3, 0.4) is 0 Å². The van der Waals surface area contributed by atoms with E-state index in [1.54, 1.807) is 45.0 Å². The molecule has 2 atom stereocenters. The van der Waals surface area contributed by atoms with E-state index in [2.05, 4.69) is 10.6 Å². The number of carbonyl (C=O) groups excluding carboxylic acids is 3. The summed E-state index contributed by atoms with van der Waals surface area (Å²) in [5, 5.41) is 5.48. The molecule has 2 amide bonds. The summed E-state index contributed by atoms with van der Waals surface area (Å²) in [6, 6.07) is 6.65. The van der Waals surface area contributed by atoms with Gasteiger partial charge in [-0.2, -0.15) is 0 Å². The molecular weight excluding hydrogens is 336 g/mol. The van der Waals surface area contributed by atoms with Crippen LogP contribution in [0.15, 0.2) is 24.3 Å². The van der Waals surface area contributed by atoms with E-state index in [0.29, 0.717) is 24.3 Å². The largest absolute Gasteiger partial charge is 0.463 e. The van der Waals surface area contributed by atoms with Crippen molar-refractivity contribution in [3.63, 3.8) is 0 Å². The van der Waals surface area contributed by atoms with Crippen LogP contribution in [0.1, 0.15) is 44.0 Å². The Bertz CT molecular complexity index is 653. The zero-order valence-corrected chi connectivity index (χ0v) is 15.4. The Morgan fingerprint density at radius 3 is 2.69 bits per heavy atom. The summed E-state index contributed by atoms with van der Waals surface area (Å²) >= 11 is 0. The van der Waals surface area contributed by atoms with E-state index < -0.39 is 12.0 Å². The van der Waals surface area contributed by atoms with Crippen molar-refractivity contribution in [3.05, 3.63) is 29.8 Å². The molecule has 0 radical (unpaired) electrons. The third-order valence-corrected chi connectivity index (χ3v) is 3.94. The first-order valence-corrected chi connectivity index (χ1v) is 8.88. The van der Waals surface area contributed by atoms with Crippen LogP contribution >= 0.6 is 0 Å². The molecule has 2 N–H and O–H groups in total. The lowest BCUT2D eigenvalue weighted by Gasteiger charge is -2.15. The third-order valence-electron chi connectivity index (χ3n) is 3.94. The Morgan fingerprint density at radius 2 is 2.04 bits per heavy atom. The molecule has 1 fully saturated rings. The molecule has 1 aromatic carbocycles. The van der Waals surface area contributed by atoms with Crippen molar-refractivity contribution in [2.24, 2.45) is 5.92 Å². The Labute approximate surface area is 153 Å². The lowest BCUT2D eigenvalue weighted by Crippen LogP contribution is -2.33. The van der Waals surface area contributed by atoms with Crippen molar-refractivity contribution in [1.29, 1.82) is 0 Å². The molecule has 1 saturated heterocycles. The molecule has 26 heavy (non-hydrogen) atoms. The van der Waals surface area contributed by atoms with E-state index in [9.17, 15) is 14.4 Å². The molecule has 0 unspecified atom stereocenters. The number of carbonyl (C=O) groups is 3. The van der Waals surface area contributed by atoms with Gasteiger partial charge in [-0.15, -0.1) is 0 Å². The van der Waals surface area contributed by atoms with Crippen molar-refractivity contribution in [1.82, 2.24) is 5.32 Å². The number of amides is 2. The molecule has 7 nitrogen and oxygen atoms in total. The highest BCUT2D eigenvalue weighted by molar-refractivity contribution is 5.98. The van der Waals surface area contributed by atoms with Gasteiger partial charge in [-0.1, -0.05) is 13.0 Å². The molecule has 1 aliphatic rings. The highest BCUT2D eigenvalue weighted by Gasteiger charge is 2.23. The fourth-order valence-electron chi connectivity index (χ4n) is 2.53. The van der Waals surface area contributed by atoms with Gasteiger partial charge in [0.2, 0.25) is 0 Å². The SMILES string of the molecule is CC(C)OC(=O)[C@@H](C)CNC(=O)c1cccc(NC(=O)[C@@H]2CCCO2)c1. The van der Waals surface area contributed by atoms with Gasteiger partial charge in [0.05, 0.1) is 12.0 Å². The molecule has 1 aromatic rings. The Balaban J connectivity index is 1.88. The summed E-state index contributed by atoms with van der Waals surface area (Å²) in [5.74, 6) is -1.31. The average Bonchev–Trinajstić information content (AvgIpc) is 3.13. The van der Waals surface area contributed by atoms with Gasteiger partial charge < -0.3 is 20.1 Å². The number of rotatable bonds is 7. The van der Waals surface area contributed by atoms with Gasteiger partial charge in [0.1, 0.15) is 6.10 Å². The number of anilines is 1. The normalized spacial score (nSPS) is 17.6. The second-order valence-corrected chi connectivity index (χ2v) is 6.67. The second kappa shape index (κ2) is 9.33. The van der Waals surface area contributed by atoms with Crippen LogP contribution in [-0.2, 0) is 19.1 Å². The molecule has 0 bridgehead atoms. The minimum absolute atomic E-state index is 0.177. The third kappa shape index (κ3) is 5.84. The monoisotopic (exact) mass is 362 g/mol. The number of nitrogens with one attached hydrogen (secondary N) is 2. The lowest BCUT2D eigenvalue weighted by molar-refractivity contribution is -0.151. The summed E-state index contributed by atoms with van der Waals surface area (Å²) in [7, 11) is 0. The van der Waals surface area contributed by atoms with E-state index in [1.807, 2.05) is 0 Å². The summed E-state index contributed by atoms with van der Waals surface area (Å²) < 4.78 is 10.5. The van der Waals surface area contributed by atoms with Crippen LogP contribution < -0.4 is 10.6 Å². The van der Waals surface area contributed by atoms with E-state index in [1.165, 1.54) is 0 Å². The summed E-state index contributed by atoms with van der Waals surface area (Å²) in [5.41, 5.74) is 0.935. The zero-order valence-electron chi connectivity index (χ0n) is 15.4. The van der Waals surface area contributed by atoms with E-state index in [0.717, 1.165) is 6.42 Å². The fraction of sp³-hybridized carbons (Fsp3) is 0.526. The number of esters is 1. The summed E-state index contributed by atoms with van der Waals surface area (Å²) in [6.07, 6.45) is 0.957. The Morgan fingerprint density at radius 1 is 1.27 bits per heavy atom. The molecular formula is C19H26N2O5. The van der Waals surface area contributed by atoms with Gasteiger partial charge in [0.15, 0.2) is 0 Å². The van der Waals surface area contributed by atoms with Crippen molar-refractivity contribution in [2.75, 3.05) is 18.5 Å². The molecule has 1 heterocycles. The second-order valence-electron chi connectivity index (χ2n) is 6.67. The molecule has 0 saturated carbocycles. The molecule has 7 heteroatoms.